The minimum atomic E-state index is -2.48. The zero-order chi connectivity index (χ0) is 26.2. The Morgan fingerprint density at radius 3 is 2.53 bits per heavy atom. The first-order chi connectivity index (χ1) is 16.9. The number of rotatable bonds is 4. The Labute approximate surface area is 208 Å². The van der Waals surface area contributed by atoms with E-state index < -0.39 is 46.5 Å². The molecule has 5 rings (SSSR count). The molecule has 36 heavy (non-hydrogen) atoms. The van der Waals surface area contributed by atoms with Gasteiger partial charge in [0.05, 0.1) is 11.7 Å². The number of fused-ring (bicyclic) bond motifs is 5. The third-order valence-corrected chi connectivity index (χ3v) is 9.24. The maximum atomic E-state index is 13.7. The number of carboxylic acid groups (broad SMARTS) is 1. The highest BCUT2D eigenvalue weighted by Crippen LogP contribution is 2.65. The van der Waals surface area contributed by atoms with Gasteiger partial charge in [0.1, 0.15) is 12.2 Å². The standard InChI is InChI=1S/C28H30O8/c1-26-10-9-15(29)11-14(26)7-8-18-19-12-21(31)28(36,27(19,2)13-20(30)22(18)26)24(33)23(32)16-5-3-4-6-17(16)25(34)35/h3-6,9-12,18,20-23,30-32,36H,7-8,13H2,1-2H3,(H,34,35)/t18-,20-,21+,22+,23?,26-,27-,28-/m0/s1. The number of Topliss-reactive ketones (excluding diaryl/α,β-unsaturated/α-hetero) is 1. The van der Waals surface area contributed by atoms with Crippen LogP contribution in [0.15, 0.2) is 59.7 Å². The van der Waals surface area contributed by atoms with Crippen molar-refractivity contribution >= 4 is 17.5 Å². The summed E-state index contributed by atoms with van der Waals surface area (Å²) in [6.07, 6.45) is 2.87. The summed E-state index contributed by atoms with van der Waals surface area (Å²) < 4.78 is 0. The van der Waals surface area contributed by atoms with Gasteiger partial charge in [-0.05, 0) is 43.4 Å². The molecule has 4 aliphatic rings. The molecule has 8 heteroatoms. The Morgan fingerprint density at radius 2 is 1.83 bits per heavy atom. The fourth-order valence-corrected chi connectivity index (χ4v) is 7.40. The van der Waals surface area contributed by atoms with Crippen LogP contribution in [0.1, 0.15) is 55.1 Å². The van der Waals surface area contributed by atoms with E-state index in [4.69, 9.17) is 0 Å². The zero-order valence-corrected chi connectivity index (χ0v) is 20.1. The molecule has 8 atom stereocenters. The van der Waals surface area contributed by atoms with E-state index in [0.717, 1.165) is 5.57 Å². The predicted octanol–water partition coefficient (Wildman–Crippen LogP) is 1.89. The van der Waals surface area contributed by atoms with E-state index in [1.807, 2.05) is 13.0 Å². The van der Waals surface area contributed by atoms with Crippen molar-refractivity contribution in [2.24, 2.45) is 22.7 Å². The Bertz CT molecular complexity index is 1260. The lowest BCUT2D eigenvalue weighted by atomic mass is 9.47. The lowest BCUT2D eigenvalue weighted by Crippen LogP contribution is -2.63. The van der Waals surface area contributed by atoms with Crippen LogP contribution >= 0.6 is 0 Å². The molecule has 2 fully saturated rings. The van der Waals surface area contributed by atoms with Gasteiger partial charge in [-0.1, -0.05) is 55.3 Å². The molecule has 0 aliphatic heterocycles. The van der Waals surface area contributed by atoms with Gasteiger partial charge in [-0.15, -0.1) is 0 Å². The molecule has 0 radical (unpaired) electrons. The highest BCUT2D eigenvalue weighted by Gasteiger charge is 2.69. The van der Waals surface area contributed by atoms with Gasteiger partial charge >= 0.3 is 5.97 Å². The molecule has 0 amide bonds. The summed E-state index contributed by atoms with van der Waals surface area (Å²) in [5, 5.41) is 54.8. The van der Waals surface area contributed by atoms with Gasteiger partial charge in [-0.3, -0.25) is 9.59 Å². The van der Waals surface area contributed by atoms with E-state index >= 15 is 0 Å². The summed E-state index contributed by atoms with van der Waals surface area (Å²) in [6, 6.07) is 5.48. The monoisotopic (exact) mass is 494 g/mol. The summed E-state index contributed by atoms with van der Waals surface area (Å²) >= 11 is 0. The van der Waals surface area contributed by atoms with E-state index in [-0.39, 0.29) is 35.2 Å². The van der Waals surface area contributed by atoms with Crippen molar-refractivity contribution in [3.05, 3.63) is 70.8 Å². The largest absolute Gasteiger partial charge is 0.478 e. The molecule has 8 nitrogen and oxygen atoms in total. The number of hydrogen-bond donors (Lipinski definition) is 5. The van der Waals surface area contributed by atoms with Crippen molar-refractivity contribution in [1.29, 1.82) is 0 Å². The van der Waals surface area contributed by atoms with Gasteiger partial charge in [0.2, 0.25) is 5.78 Å². The van der Waals surface area contributed by atoms with Gasteiger partial charge < -0.3 is 25.5 Å². The molecule has 0 heterocycles. The van der Waals surface area contributed by atoms with Gasteiger partial charge in [0, 0.05) is 22.3 Å². The molecule has 1 unspecified atom stereocenters. The van der Waals surface area contributed by atoms with Crippen molar-refractivity contribution in [1.82, 2.24) is 0 Å². The molecular formula is C28H30O8. The van der Waals surface area contributed by atoms with Crippen LogP contribution in [0.3, 0.4) is 0 Å². The van der Waals surface area contributed by atoms with Crippen LogP contribution in [0.2, 0.25) is 0 Å². The molecule has 2 saturated carbocycles. The number of carbonyl (C=O) groups is 3. The van der Waals surface area contributed by atoms with Crippen LogP contribution in [-0.2, 0) is 9.59 Å². The molecule has 5 N–H and O–H groups in total. The Hall–Kier alpha value is -2.91. The average molecular weight is 495 g/mol. The second kappa shape index (κ2) is 8.05. The van der Waals surface area contributed by atoms with Crippen LogP contribution in [0.25, 0.3) is 0 Å². The number of allylic oxidation sites excluding steroid dienone is 4. The minimum Gasteiger partial charge on any atom is -0.478 e. The first-order valence-corrected chi connectivity index (χ1v) is 12.2. The molecule has 190 valence electrons. The number of benzene rings is 1. The molecule has 0 spiro atoms. The third-order valence-electron chi connectivity index (χ3n) is 9.24. The molecule has 0 saturated heterocycles. The Morgan fingerprint density at radius 1 is 1.14 bits per heavy atom. The average Bonchev–Trinajstić information content (AvgIpc) is 3.04. The number of aromatic carboxylic acids is 1. The van der Waals surface area contributed by atoms with Crippen LogP contribution in [0.5, 0.6) is 0 Å². The molecular weight excluding hydrogens is 464 g/mol. The highest BCUT2D eigenvalue weighted by atomic mass is 16.4. The van der Waals surface area contributed by atoms with Gasteiger partial charge in [-0.2, -0.15) is 0 Å². The van der Waals surface area contributed by atoms with Crippen LogP contribution in [0, 0.1) is 22.7 Å². The maximum Gasteiger partial charge on any atom is 0.336 e. The van der Waals surface area contributed by atoms with Crippen LogP contribution in [0.4, 0.5) is 0 Å². The quantitative estimate of drug-likeness (QED) is 0.398. The number of hydrogen-bond acceptors (Lipinski definition) is 7. The highest BCUT2D eigenvalue weighted by molar-refractivity contribution is 6.01. The minimum absolute atomic E-state index is 0.0583. The second-order valence-electron chi connectivity index (χ2n) is 11.0. The third kappa shape index (κ3) is 3.11. The van der Waals surface area contributed by atoms with Gasteiger partial charge in [0.25, 0.3) is 0 Å². The number of carboxylic acids is 1. The van der Waals surface area contributed by atoms with E-state index in [2.05, 4.69) is 0 Å². The summed E-state index contributed by atoms with van der Waals surface area (Å²) in [7, 11) is 0. The fourth-order valence-electron chi connectivity index (χ4n) is 7.40. The number of aliphatic hydroxyl groups excluding tert-OH is 3. The van der Waals surface area contributed by atoms with E-state index in [1.54, 1.807) is 13.0 Å². The van der Waals surface area contributed by atoms with Crippen molar-refractivity contribution in [2.75, 3.05) is 0 Å². The molecule has 4 aliphatic carbocycles. The first kappa shape index (κ1) is 24.8. The van der Waals surface area contributed by atoms with E-state index in [0.29, 0.717) is 18.4 Å². The predicted molar refractivity (Wildman–Crippen MR) is 128 cm³/mol. The molecule has 0 bridgehead atoms. The molecule has 1 aromatic rings. The van der Waals surface area contributed by atoms with Crippen LogP contribution in [-0.4, -0.2) is 60.9 Å². The number of aliphatic hydroxyl groups is 4. The maximum absolute atomic E-state index is 13.7. The summed E-state index contributed by atoms with van der Waals surface area (Å²) in [6.45, 7) is 3.58. The Kier molecular flexibility index (Phi) is 5.54. The molecule has 1 aromatic carbocycles. The van der Waals surface area contributed by atoms with Crippen LogP contribution < -0.4 is 0 Å². The van der Waals surface area contributed by atoms with Crippen molar-refractivity contribution in [2.45, 2.75) is 57.0 Å². The molecule has 0 aromatic heterocycles. The summed E-state index contributed by atoms with van der Waals surface area (Å²) in [5.41, 5.74) is -3.35. The van der Waals surface area contributed by atoms with Crippen molar-refractivity contribution in [3.8, 4) is 0 Å². The number of carbonyl (C=O) groups excluding carboxylic acids is 2. The number of ketones is 2. The van der Waals surface area contributed by atoms with E-state index in [9.17, 15) is 39.9 Å². The topological polar surface area (TPSA) is 152 Å². The van der Waals surface area contributed by atoms with Crippen molar-refractivity contribution < 1.29 is 39.9 Å². The fraction of sp³-hybridized carbons (Fsp3) is 0.464. The Balaban J connectivity index is 1.54. The van der Waals surface area contributed by atoms with Gasteiger partial charge in [0.15, 0.2) is 11.4 Å². The van der Waals surface area contributed by atoms with E-state index in [1.165, 1.54) is 36.4 Å². The summed E-state index contributed by atoms with van der Waals surface area (Å²) in [5.74, 6) is -3.16. The van der Waals surface area contributed by atoms with Gasteiger partial charge in [-0.25, -0.2) is 4.79 Å². The normalized spacial score (nSPS) is 39.9. The smallest absolute Gasteiger partial charge is 0.336 e. The SMILES string of the molecule is C[C@]12C=CC(=O)C=C1CC[C@H]1C3=C[C@@H](O)[C@](O)(C(=O)C(O)c4ccccc4C(=O)O)[C@@]3(C)C[C@H](O)[C@@H]12. The first-order valence-electron chi connectivity index (χ1n) is 12.2. The summed E-state index contributed by atoms with van der Waals surface area (Å²) in [4.78, 5) is 37.3. The lowest BCUT2D eigenvalue weighted by molar-refractivity contribution is -0.180. The second-order valence-corrected chi connectivity index (χ2v) is 11.0. The zero-order valence-electron chi connectivity index (χ0n) is 20.1. The lowest BCUT2D eigenvalue weighted by Gasteiger charge is -2.58. The van der Waals surface area contributed by atoms with Crippen molar-refractivity contribution in [3.63, 3.8) is 0 Å².